The molecule has 7 heavy (non-hydrogen) atoms. The van der Waals surface area contributed by atoms with Crippen LogP contribution in [0.1, 0.15) is 6.92 Å². The lowest BCUT2D eigenvalue weighted by Crippen LogP contribution is -2.23. The molecule has 0 radical (unpaired) electrons. The fourth-order valence-corrected chi connectivity index (χ4v) is 0.197. The van der Waals surface area contributed by atoms with E-state index in [1.807, 2.05) is 0 Å². The minimum Gasteiger partial charge on any atom is -0.761 e. The van der Waals surface area contributed by atoms with Crippen molar-refractivity contribution >= 4 is 0 Å². The van der Waals surface area contributed by atoms with E-state index in [9.17, 15) is 5.21 Å². The summed E-state index contributed by atoms with van der Waals surface area (Å²) in [4.78, 5) is 4.34. The lowest BCUT2D eigenvalue weighted by atomic mass is 10.9. The molecular weight excluding hydrogens is 96.0 g/mol. The summed E-state index contributed by atoms with van der Waals surface area (Å²) in [6, 6.07) is 0. The van der Waals surface area contributed by atoms with E-state index in [1.165, 1.54) is 0 Å². The van der Waals surface area contributed by atoms with Gasteiger partial charge in [0.15, 0.2) is 0 Å². The van der Waals surface area contributed by atoms with Gasteiger partial charge in [0, 0.05) is 0 Å². The van der Waals surface area contributed by atoms with Gasteiger partial charge >= 0.3 is 0 Å². The van der Waals surface area contributed by atoms with E-state index in [1.54, 1.807) is 6.92 Å². The molecule has 2 N–H and O–H groups in total. The van der Waals surface area contributed by atoms with Gasteiger partial charge in [0.05, 0.1) is 13.3 Å². The lowest BCUT2D eigenvalue weighted by Gasteiger charge is -2.23. The van der Waals surface area contributed by atoms with Crippen molar-refractivity contribution in [3.8, 4) is 0 Å². The molecule has 0 bridgehead atoms. The molecule has 0 aliphatic carbocycles. The van der Waals surface area contributed by atoms with Gasteiger partial charge in [-0.1, -0.05) is 0 Å². The molecule has 0 aromatic heterocycles. The maximum absolute atomic E-state index is 9.98. The largest absolute Gasteiger partial charge is 0.761 e. The van der Waals surface area contributed by atoms with Gasteiger partial charge in [0.1, 0.15) is 0 Å². The Morgan fingerprint density at radius 1 is 1.86 bits per heavy atom. The van der Waals surface area contributed by atoms with Gasteiger partial charge in [-0.25, -0.2) is 5.23 Å². The summed E-state index contributed by atoms with van der Waals surface area (Å²) in [5.41, 5.74) is 4.85. The maximum Gasteiger partial charge on any atom is 0.0645 e. The smallest absolute Gasteiger partial charge is 0.0645 e. The second-order valence-corrected chi connectivity index (χ2v) is 0.933. The third-order valence-corrected chi connectivity index (χ3v) is 0.422. The normalized spacial score (nSPS) is 10.3. The van der Waals surface area contributed by atoms with Crippen molar-refractivity contribution < 1.29 is 4.84 Å². The fraction of sp³-hybridized carbons (Fsp3) is 1.00. The summed E-state index contributed by atoms with van der Waals surface area (Å²) in [5.74, 6) is 0. The third-order valence-electron chi connectivity index (χ3n) is 0.422. The van der Waals surface area contributed by atoms with E-state index >= 15 is 0 Å². The number of hydroxylamine groups is 2. The number of nitrogens with two attached hydrogens (primary N) is 1. The first-order valence-electron chi connectivity index (χ1n) is 2.09. The van der Waals surface area contributed by atoms with Gasteiger partial charge < -0.3 is 15.8 Å². The van der Waals surface area contributed by atoms with E-state index in [-0.39, 0.29) is 6.67 Å². The molecule has 0 aliphatic rings. The predicted molar refractivity (Wildman–Crippen MR) is 25.9 cm³/mol. The maximum atomic E-state index is 9.98. The lowest BCUT2D eigenvalue weighted by molar-refractivity contribution is -0.113. The third kappa shape index (κ3) is 3.68. The zero-order valence-corrected chi connectivity index (χ0v) is 4.26. The van der Waals surface area contributed by atoms with Gasteiger partial charge in [-0.3, -0.25) is 0 Å². The molecular formula is C3H9N2O2-. The van der Waals surface area contributed by atoms with E-state index < -0.39 is 0 Å². The highest BCUT2D eigenvalue weighted by Gasteiger charge is 1.78. The summed E-state index contributed by atoms with van der Waals surface area (Å²) in [7, 11) is 0. The van der Waals surface area contributed by atoms with Crippen LogP contribution in [0.25, 0.3) is 0 Å². The molecule has 0 aromatic rings. The molecule has 0 atom stereocenters. The van der Waals surface area contributed by atoms with Crippen LogP contribution in [0.5, 0.6) is 0 Å². The molecule has 4 nitrogen and oxygen atoms in total. The van der Waals surface area contributed by atoms with Gasteiger partial charge in [0.25, 0.3) is 0 Å². The van der Waals surface area contributed by atoms with Crippen LogP contribution in [0, 0.1) is 5.21 Å². The van der Waals surface area contributed by atoms with E-state index in [0.29, 0.717) is 11.8 Å². The van der Waals surface area contributed by atoms with Gasteiger partial charge in [0.2, 0.25) is 0 Å². The van der Waals surface area contributed by atoms with Crippen molar-refractivity contribution in [2.24, 2.45) is 5.73 Å². The van der Waals surface area contributed by atoms with Crippen LogP contribution >= 0.6 is 0 Å². The molecule has 0 amide bonds. The van der Waals surface area contributed by atoms with Crippen LogP contribution in [-0.2, 0) is 4.84 Å². The van der Waals surface area contributed by atoms with Crippen LogP contribution in [0.2, 0.25) is 0 Å². The van der Waals surface area contributed by atoms with Crippen molar-refractivity contribution in [1.29, 1.82) is 0 Å². The van der Waals surface area contributed by atoms with Crippen molar-refractivity contribution in [2.75, 3.05) is 13.3 Å². The Labute approximate surface area is 42.4 Å². The number of nitrogens with zero attached hydrogens (tertiary/aromatic N) is 1. The van der Waals surface area contributed by atoms with Crippen LogP contribution in [0.15, 0.2) is 0 Å². The van der Waals surface area contributed by atoms with Crippen molar-refractivity contribution in [1.82, 2.24) is 5.23 Å². The SMILES string of the molecule is CCON([O-])CN. The average Bonchev–Trinajstić information content (AvgIpc) is 1.68. The molecule has 4 heteroatoms. The molecule has 0 aliphatic heterocycles. The highest BCUT2D eigenvalue weighted by Crippen LogP contribution is 1.78. The van der Waals surface area contributed by atoms with Gasteiger partial charge in [-0.05, 0) is 6.92 Å². The molecule has 0 fully saturated rings. The monoisotopic (exact) mass is 105 g/mol. The Morgan fingerprint density at radius 3 is 2.57 bits per heavy atom. The second-order valence-electron chi connectivity index (χ2n) is 0.933. The zero-order valence-electron chi connectivity index (χ0n) is 4.26. The molecule has 44 valence electrons. The Morgan fingerprint density at radius 2 is 2.43 bits per heavy atom. The van der Waals surface area contributed by atoms with Gasteiger partial charge in [-0.2, -0.15) is 0 Å². The standard InChI is InChI=1S/C3H9N2O2/c1-2-7-5(6)3-4/h2-4H2,1H3/q-1. The topological polar surface area (TPSA) is 61.5 Å². The highest BCUT2D eigenvalue weighted by molar-refractivity contribution is 4.31. The Balaban J connectivity index is 2.83. The summed E-state index contributed by atoms with van der Waals surface area (Å²) < 4.78 is 0. The fourth-order valence-electron chi connectivity index (χ4n) is 0.197. The molecule has 0 aromatic carbocycles. The summed E-state index contributed by atoms with van der Waals surface area (Å²) >= 11 is 0. The summed E-state index contributed by atoms with van der Waals surface area (Å²) in [5, 5.41) is 10.3. The van der Waals surface area contributed by atoms with Crippen LogP contribution in [-0.4, -0.2) is 18.5 Å². The van der Waals surface area contributed by atoms with Crippen molar-refractivity contribution in [3.05, 3.63) is 5.21 Å². The summed E-state index contributed by atoms with van der Waals surface area (Å²) in [6.45, 7) is 2.00. The minimum atomic E-state index is -0.103. The number of hydrogen-bond acceptors (Lipinski definition) is 4. The Hall–Kier alpha value is -0.160. The number of rotatable bonds is 3. The Kier molecular flexibility index (Phi) is 3.92. The van der Waals surface area contributed by atoms with Crippen LogP contribution in [0.3, 0.4) is 0 Å². The first-order chi connectivity index (χ1) is 3.31. The predicted octanol–water partition coefficient (Wildman–Crippen LogP) is -0.346. The molecule has 0 saturated heterocycles. The van der Waals surface area contributed by atoms with Gasteiger partial charge in [-0.15, -0.1) is 0 Å². The minimum absolute atomic E-state index is 0.103. The van der Waals surface area contributed by atoms with Crippen LogP contribution < -0.4 is 5.73 Å². The molecule has 0 saturated carbocycles. The Bertz CT molecular complexity index is 41.9. The molecule has 0 spiro atoms. The van der Waals surface area contributed by atoms with E-state index in [0.717, 1.165) is 0 Å². The first kappa shape index (κ1) is 6.84. The first-order valence-corrected chi connectivity index (χ1v) is 2.09. The molecule has 0 rings (SSSR count). The number of hydrogen-bond donors (Lipinski definition) is 1. The average molecular weight is 105 g/mol. The van der Waals surface area contributed by atoms with E-state index in [2.05, 4.69) is 4.84 Å². The summed E-state index contributed by atoms with van der Waals surface area (Å²) in [6.07, 6.45) is 0. The highest BCUT2D eigenvalue weighted by atomic mass is 16.9. The van der Waals surface area contributed by atoms with Crippen molar-refractivity contribution in [3.63, 3.8) is 0 Å². The van der Waals surface area contributed by atoms with E-state index in [4.69, 9.17) is 5.73 Å². The molecule has 0 heterocycles. The molecule has 0 unspecified atom stereocenters. The van der Waals surface area contributed by atoms with Crippen molar-refractivity contribution in [2.45, 2.75) is 6.92 Å². The van der Waals surface area contributed by atoms with Crippen LogP contribution in [0.4, 0.5) is 0 Å². The zero-order chi connectivity index (χ0) is 5.70. The quantitative estimate of drug-likeness (QED) is 0.393. The second kappa shape index (κ2) is 4.01.